The lowest BCUT2D eigenvalue weighted by atomic mass is 9.68. The molecule has 0 amide bonds. The molecule has 3 aliphatic heterocycles. The van der Waals surface area contributed by atoms with Gasteiger partial charge in [-0.2, -0.15) is 0 Å². The van der Waals surface area contributed by atoms with E-state index in [1.54, 1.807) is 51.7 Å². The van der Waals surface area contributed by atoms with Crippen LogP contribution in [0.4, 0.5) is 0 Å². The van der Waals surface area contributed by atoms with Gasteiger partial charge in [0.25, 0.3) is 0 Å². The standard InChI is InChI=1S/C55H87N7O12/c1-14-45-55(10,69)48(65)36(6)61(12)29-32(2)25-53(8,68)50(34(4)46(35(5)51(67)73-45)44-26-54(9,70-13)49(66)37(7)72-44)74-52-47(64)42(24-33(3)71-52)60(11)23-21-41-30-62(59-58-41)22-15-16-43(63)39-19-17-38(18-20-39)40-27-56-31-57-28-40/h17-20,27-28,30-37,42,44-50,52,64-66,68-69H,14-16,21-26,29H2,1-13H3/t32-,33-,34+,35-,36-,37+,42+,44-,45-,46?,47-,48-,49+,50-,52+,53-,54-,55-/m1/s1. The van der Waals surface area contributed by atoms with Crippen LogP contribution < -0.4 is 0 Å². The van der Waals surface area contributed by atoms with E-state index in [9.17, 15) is 35.1 Å². The maximum Gasteiger partial charge on any atom is 0.309 e. The van der Waals surface area contributed by atoms with Gasteiger partial charge in [0.1, 0.15) is 36.3 Å². The molecule has 18 atom stereocenters. The topological polar surface area (TPSA) is 244 Å². The number of benzene rings is 1. The molecule has 1 unspecified atom stereocenters. The summed E-state index contributed by atoms with van der Waals surface area (Å²) in [4.78, 5) is 39.8. The molecule has 3 saturated heterocycles. The van der Waals surface area contributed by atoms with Crippen LogP contribution in [-0.4, -0.2) is 190 Å². The van der Waals surface area contributed by atoms with E-state index in [0.29, 0.717) is 50.9 Å². The van der Waals surface area contributed by atoms with Crippen molar-refractivity contribution in [3.05, 3.63) is 60.4 Å². The molecule has 0 saturated carbocycles. The molecule has 2 aromatic heterocycles. The van der Waals surface area contributed by atoms with Gasteiger partial charge in [0, 0.05) is 93.7 Å². The Balaban J connectivity index is 1.20. The van der Waals surface area contributed by atoms with Crippen molar-refractivity contribution in [3.8, 4) is 11.1 Å². The molecule has 3 fully saturated rings. The number of methoxy groups -OCH3 is 1. The van der Waals surface area contributed by atoms with Crippen molar-refractivity contribution in [2.45, 2.75) is 205 Å². The number of carbonyl (C=O) groups excluding carboxylic acids is 2. The summed E-state index contributed by atoms with van der Waals surface area (Å²) in [5.41, 5.74) is -1.26. The molecular formula is C55H87N7O12. The summed E-state index contributed by atoms with van der Waals surface area (Å²) in [6.07, 6.45) is 0.859. The number of aliphatic hydroxyl groups excluding tert-OH is 3. The van der Waals surface area contributed by atoms with Gasteiger partial charge in [-0.3, -0.25) is 14.3 Å². The predicted molar refractivity (Wildman–Crippen MR) is 276 cm³/mol. The number of rotatable bonds is 15. The summed E-state index contributed by atoms with van der Waals surface area (Å²) >= 11 is 0. The smallest absolute Gasteiger partial charge is 0.309 e. The quantitative estimate of drug-likeness (QED) is 0.104. The number of hydrogen-bond acceptors (Lipinski definition) is 18. The molecule has 3 aromatic rings. The highest BCUT2D eigenvalue weighted by Crippen LogP contribution is 2.45. The maximum absolute atomic E-state index is 14.6. The van der Waals surface area contributed by atoms with E-state index in [4.69, 9.17) is 23.7 Å². The summed E-state index contributed by atoms with van der Waals surface area (Å²) < 4.78 is 34.0. The molecule has 0 bridgehead atoms. The molecule has 19 heteroatoms. The second-order valence-electron chi connectivity index (χ2n) is 22.7. The van der Waals surface area contributed by atoms with Crippen molar-refractivity contribution in [1.29, 1.82) is 0 Å². The fourth-order valence-corrected chi connectivity index (χ4v) is 12.1. The fraction of sp³-hybridized carbons (Fsp3) is 0.745. The number of hydrogen-bond donors (Lipinski definition) is 5. The Hall–Kier alpha value is -3.86. The van der Waals surface area contributed by atoms with Crippen LogP contribution in [-0.2, 0) is 41.4 Å². The van der Waals surface area contributed by atoms with Crippen LogP contribution in [0, 0.1) is 23.7 Å². The third-order valence-corrected chi connectivity index (χ3v) is 16.7. The first kappa shape index (κ1) is 59.4. The lowest BCUT2D eigenvalue weighted by molar-refractivity contribution is -0.302. The Morgan fingerprint density at radius 2 is 1.62 bits per heavy atom. The highest BCUT2D eigenvalue weighted by molar-refractivity contribution is 5.96. The SMILES string of the molecule is CC[C@H]1OC(=O)[C@H](C)C([C@H]2C[C@@](C)(OC)[C@@H](O)[C@H](C)O2)[C@H](C)[C@@H](O[C@@H]2O[C@H](C)C[C@H](N(C)CCc3cn(CCCC(=O)c4ccc(-c5cncnc5)cc4)nn3)[C@H]2O)[C@](C)(O)C[C@@H](C)CN(C)[C@H](C)[C@@H](O)[C@]1(C)O. The Morgan fingerprint density at radius 1 is 0.946 bits per heavy atom. The minimum Gasteiger partial charge on any atom is -0.459 e. The number of aryl methyl sites for hydroxylation is 1. The number of carbonyl (C=O) groups is 2. The monoisotopic (exact) mass is 1040 g/mol. The van der Waals surface area contributed by atoms with Crippen molar-refractivity contribution < 1.29 is 58.8 Å². The second kappa shape index (κ2) is 25.1. The van der Waals surface area contributed by atoms with Gasteiger partial charge in [-0.1, -0.05) is 57.2 Å². The molecule has 0 spiro atoms. The lowest BCUT2D eigenvalue weighted by Crippen LogP contribution is -2.62. The van der Waals surface area contributed by atoms with Crippen LogP contribution in [0.25, 0.3) is 11.1 Å². The number of nitrogens with zero attached hydrogens (tertiary/aromatic N) is 7. The highest BCUT2D eigenvalue weighted by Gasteiger charge is 2.55. The van der Waals surface area contributed by atoms with Crippen molar-refractivity contribution in [2.24, 2.45) is 23.7 Å². The molecule has 5 heterocycles. The summed E-state index contributed by atoms with van der Waals surface area (Å²) in [7, 11) is 5.31. The molecule has 6 rings (SSSR count). The van der Waals surface area contributed by atoms with E-state index < -0.39 is 102 Å². The second-order valence-corrected chi connectivity index (χ2v) is 22.7. The van der Waals surface area contributed by atoms with Crippen molar-refractivity contribution in [3.63, 3.8) is 0 Å². The lowest BCUT2D eigenvalue weighted by Gasteiger charge is -2.51. The van der Waals surface area contributed by atoms with Gasteiger partial charge in [0.15, 0.2) is 12.1 Å². The van der Waals surface area contributed by atoms with Crippen LogP contribution in [0.5, 0.6) is 0 Å². The first-order chi connectivity index (χ1) is 34.8. The third-order valence-electron chi connectivity index (χ3n) is 16.7. The third kappa shape index (κ3) is 13.8. The van der Waals surface area contributed by atoms with E-state index in [1.807, 2.05) is 77.2 Å². The number of ketones is 1. The van der Waals surface area contributed by atoms with E-state index in [-0.39, 0.29) is 37.1 Å². The number of likely N-dealkylation sites (N-methyl/N-ethyl adjacent to an activating group) is 2. The van der Waals surface area contributed by atoms with Crippen LogP contribution in [0.3, 0.4) is 0 Å². The predicted octanol–water partition coefficient (Wildman–Crippen LogP) is 4.50. The van der Waals surface area contributed by atoms with Gasteiger partial charge in [0.05, 0.1) is 47.2 Å². The van der Waals surface area contributed by atoms with E-state index >= 15 is 0 Å². The molecule has 0 radical (unpaired) electrons. The van der Waals surface area contributed by atoms with Crippen LogP contribution >= 0.6 is 0 Å². The van der Waals surface area contributed by atoms with Gasteiger partial charge in [-0.25, -0.2) is 9.97 Å². The van der Waals surface area contributed by atoms with Crippen LogP contribution in [0.15, 0.2) is 49.2 Å². The Kier molecular flexibility index (Phi) is 20.1. The number of ether oxygens (including phenoxy) is 5. The molecule has 0 aliphatic carbocycles. The normalized spacial score (nSPS) is 38.3. The zero-order valence-corrected chi connectivity index (χ0v) is 46.1. The summed E-state index contributed by atoms with van der Waals surface area (Å²) in [5.74, 6) is -3.13. The van der Waals surface area contributed by atoms with Gasteiger partial charge < -0.3 is 59.0 Å². The first-order valence-corrected chi connectivity index (χ1v) is 26.7. The van der Waals surface area contributed by atoms with Crippen molar-refractivity contribution >= 4 is 11.8 Å². The zero-order chi connectivity index (χ0) is 54.4. The number of esters is 1. The first-order valence-electron chi connectivity index (χ1n) is 26.7. The van der Waals surface area contributed by atoms with E-state index in [1.165, 1.54) is 20.4 Å². The van der Waals surface area contributed by atoms with E-state index in [0.717, 1.165) is 16.8 Å². The minimum absolute atomic E-state index is 0.0435. The highest BCUT2D eigenvalue weighted by atomic mass is 16.7. The molecule has 414 valence electrons. The van der Waals surface area contributed by atoms with Gasteiger partial charge in [0.2, 0.25) is 0 Å². The average molecular weight is 1040 g/mol. The molecule has 74 heavy (non-hydrogen) atoms. The minimum atomic E-state index is -1.82. The molecule has 3 aliphatic rings. The molecule has 5 N–H and O–H groups in total. The Labute approximate surface area is 438 Å². The van der Waals surface area contributed by atoms with Gasteiger partial charge in [-0.05, 0) is 98.7 Å². The number of cyclic esters (lactones) is 1. The zero-order valence-electron chi connectivity index (χ0n) is 46.1. The molecular weight excluding hydrogens is 951 g/mol. The Morgan fingerprint density at radius 3 is 2.27 bits per heavy atom. The number of aromatic nitrogens is 5. The summed E-state index contributed by atoms with van der Waals surface area (Å²) in [6, 6.07) is 6.46. The molecule has 1 aromatic carbocycles. The average Bonchev–Trinajstić information content (AvgIpc) is 3.82. The number of aliphatic hydroxyl groups is 5. The summed E-state index contributed by atoms with van der Waals surface area (Å²) in [6.45, 7) is 19.4. The number of Topliss-reactive ketones (excluding diaryl/α,β-unsaturated/α-hetero) is 1. The largest absolute Gasteiger partial charge is 0.459 e. The van der Waals surface area contributed by atoms with E-state index in [2.05, 4.69) is 25.2 Å². The van der Waals surface area contributed by atoms with Gasteiger partial charge >= 0.3 is 5.97 Å². The molecule has 19 nitrogen and oxygen atoms in total. The van der Waals surface area contributed by atoms with Crippen molar-refractivity contribution in [2.75, 3.05) is 34.3 Å². The Bertz CT molecular complexity index is 2250. The fourth-order valence-electron chi connectivity index (χ4n) is 12.1. The van der Waals surface area contributed by atoms with Crippen LogP contribution in [0.2, 0.25) is 0 Å². The maximum atomic E-state index is 14.6. The summed E-state index contributed by atoms with van der Waals surface area (Å²) in [5, 5.41) is 68.9. The van der Waals surface area contributed by atoms with Crippen LogP contribution in [0.1, 0.15) is 124 Å². The van der Waals surface area contributed by atoms with Gasteiger partial charge in [-0.15, -0.1) is 5.10 Å². The van der Waals surface area contributed by atoms with Crippen molar-refractivity contribution in [1.82, 2.24) is 34.8 Å².